The lowest BCUT2D eigenvalue weighted by molar-refractivity contribution is -0.146. The van der Waals surface area contributed by atoms with Gasteiger partial charge in [-0.1, -0.05) is 0 Å². The summed E-state index contributed by atoms with van der Waals surface area (Å²) in [5.74, 6) is -0.250. The molecule has 2 aliphatic heterocycles. The second-order valence-corrected chi connectivity index (χ2v) is 6.22. The molecular formula is C15H21N3O5. The molecule has 1 spiro atoms. The van der Waals surface area contributed by atoms with Gasteiger partial charge in [0, 0.05) is 33.3 Å². The number of amides is 2. The smallest absolute Gasteiger partial charge is 0.292 e. The Morgan fingerprint density at radius 2 is 2.22 bits per heavy atom. The summed E-state index contributed by atoms with van der Waals surface area (Å²) in [4.78, 5) is 39.7. The molecule has 23 heavy (non-hydrogen) atoms. The van der Waals surface area contributed by atoms with Crippen LogP contribution in [0.5, 0.6) is 0 Å². The van der Waals surface area contributed by atoms with E-state index in [2.05, 4.69) is 5.16 Å². The van der Waals surface area contributed by atoms with Crippen molar-refractivity contribution in [1.82, 2.24) is 15.0 Å². The average molecular weight is 323 g/mol. The molecule has 1 aromatic heterocycles. The summed E-state index contributed by atoms with van der Waals surface area (Å²) < 4.78 is 9.93. The molecule has 2 saturated heterocycles. The van der Waals surface area contributed by atoms with Crippen molar-refractivity contribution in [2.24, 2.45) is 5.41 Å². The first kappa shape index (κ1) is 15.8. The number of nitrogens with zero attached hydrogens (tertiary/aromatic N) is 2. The molecule has 2 aliphatic rings. The highest BCUT2D eigenvalue weighted by Crippen LogP contribution is 2.40. The fourth-order valence-electron chi connectivity index (χ4n) is 3.54. The summed E-state index contributed by atoms with van der Waals surface area (Å²) in [7, 11) is 1.62. The van der Waals surface area contributed by atoms with Gasteiger partial charge in [-0.15, -0.1) is 0 Å². The number of ether oxygens (including phenoxy) is 1. The standard InChI is InChI=1S/C15H21N3O5/c1-22-8-7-17-5-2-3-15(14(17)21)4-6-18(10-15)13(20)11-9-12(19)16-23-11/h9H,2-8,10H2,1H3,(H,16,19). The zero-order valence-corrected chi connectivity index (χ0v) is 13.2. The number of piperidine rings is 1. The van der Waals surface area contributed by atoms with E-state index in [1.165, 1.54) is 0 Å². The highest BCUT2D eigenvalue weighted by atomic mass is 16.5. The lowest BCUT2D eigenvalue weighted by Crippen LogP contribution is -2.51. The summed E-state index contributed by atoms with van der Waals surface area (Å²) in [6, 6.07) is 1.14. The number of carbonyl (C=O) groups is 2. The minimum absolute atomic E-state index is 0.00783. The number of methoxy groups -OCH3 is 1. The molecule has 8 nitrogen and oxygen atoms in total. The summed E-state index contributed by atoms with van der Waals surface area (Å²) in [6.45, 7) is 2.71. The van der Waals surface area contributed by atoms with E-state index in [-0.39, 0.29) is 17.6 Å². The largest absolute Gasteiger partial charge is 0.383 e. The van der Waals surface area contributed by atoms with Gasteiger partial charge in [0.15, 0.2) is 0 Å². The lowest BCUT2D eigenvalue weighted by atomic mass is 9.78. The fourth-order valence-corrected chi connectivity index (χ4v) is 3.54. The zero-order valence-electron chi connectivity index (χ0n) is 13.2. The minimum atomic E-state index is -0.502. The third kappa shape index (κ3) is 2.90. The molecule has 3 rings (SSSR count). The highest BCUT2D eigenvalue weighted by molar-refractivity contribution is 5.93. The van der Waals surface area contributed by atoms with Crippen molar-refractivity contribution >= 4 is 11.8 Å². The summed E-state index contributed by atoms with van der Waals surface area (Å²) in [5.41, 5.74) is -0.945. The maximum absolute atomic E-state index is 12.8. The first-order valence-corrected chi connectivity index (χ1v) is 7.82. The van der Waals surface area contributed by atoms with Crippen molar-refractivity contribution in [1.29, 1.82) is 0 Å². The molecule has 1 atom stereocenters. The van der Waals surface area contributed by atoms with Crippen LogP contribution in [0.4, 0.5) is 0 Å². The monoisotopic (exact) mass is 323 g/mol. The molecule has 1 aromatic rings. The molecule has 0 bridgehead atoms. The number of hydrogen-bond donors (Lipinski definition) is 1. The Labute approximate surface area is 133 Å². The molecule has 8 heteroatoms. The molecular weight excluding hydrogens is 302 g/mol. The summed E-state index contributed by atoms with van der Waals surface area (Å²) >= 11 is 0. The van der Waals surface area contributed by atoms with Crippen molar-refractivity contribution in [3.05, 3.63) is 22.2 Å². The van der Waals surface area contributed by atoms with Gasteiger partial charge >= 0.3 is 0 Å². The number of aromatic amines is 1. The Morgan fingerprint density at radius 3 is 2.91 bits per heavy atom. The average Bonchev–Trinajstić information content (AvgIpc) is 3.16. The Kier molecular flexibility index (Phi) is 4.25. The van der Waals surface area contributed by atoms with Crippen LogP contribution in [0.25, 0.3) is 0 Å². The predicted molar refractivity (Wildman–Crippen MR) is 80.0 cm³/mol. The van der Waals surface area contributed by atoms with Gasteiger partial charge in [-0.2, -0.15) is 5.16 Å². The van der Waals surface area contributed by atoms with Gasteiger partial charge in [-0.25, -0.2) is 0 Å². The first-order valence-electron chi connectivity index (χ1n) is 7.82. The quantitative estimate of drug-likeness (QED) is 0.846. The van der Waals surface area contributed by atoms with Crippen LogP contribution in [0.3, 0.4) is 0 Å². The van der Waals surface area contributed by atoms with Gasteiger partial charge in [0.25, 0.3) is 11.5 Å². The van der Waals surface area contributed by atoms with E-state index in [4.69, 9.17) is 9.26 Å². The molecule has 1 unspecified atom stereocenters. The van der Waals surface area contributed by atoms with Crippen molar-refractivity contribution in [2.75, 3.05) is 39.9 Å². The van der Waals surface area contributed by atoms with E-state index < -0.39 is 11.0 Å². The summed E-state index contributed by atoms with van der Waals surface area (Å²) in [5, 5.41) is 2.12. The number of rotatable bonds is 4. The Hall–Kier alpha value is -2.09. The van der Waals surface area contributed by atoms with Gasteiger partial charge < -0.3 is 19.1 Å². The molecule has 126 valence electrons. The second kappa shape index (κ2) is 6.19. The topological polar surface area (TPSA) is 95.8 Å². The zero-order chi connectivity index (χ0) is 16.4. The van der Waals surface area contributed by atoms with Crippen LogP contribution in [0.15, 0.2) is 15.4 Å². The Balaban J connectivity index is 1.71. The number of likely N-dealkylation sites (tertiary alicyclic amines) is 2. The van der Waals surface area contributed by atoms with Crippen LogP contribution in [-0.2, 0) is 9.53 Å². The molecule has 0 aromatic carbocycles. The van der Waals surface area contributed by atoms with Gasteiger partial charge in [0.05, 0.1) is 18.1 Å². The van der Waals surface area contributed by atoms with Crippen LogP contribution in [-0.4, -0.2) is 66.7 Å². The van der Waals surface area contributed by atoms with Crippen LogP contribution < -0.4 is 5.56 Å². The number of nitrogens with one attached hydrogen (secondary N) is 1. The third-order valence-corrected chi connectivity index (χ3v) is 4.77. The fraction of sp³-hybridized carbons (Fsp3) is 0.667. The molecule has 3 heterocycles. The highest BCUT2D eigenvalue weighted by Gasteiger charge is 2.49. The van der Waals surface area contributed by atoms with Crippen molar-refractivity contribution in [3.63, 3.8) is 0 Å². The normalized spacial score (nSPS) is 24.7. The van der Waals surface area contributed by atoms with Gasteiger partial charge in [0.2, 0.25) is 11.7 Å². The lowest BCUT2D eigenvalue weighted by Gasteiger charge is -2.39. The molecule has 2 fully saturated rings. The second-order valence-electron chi connectivity index (χ2n) is 6.22. The third-order valence-electron chi connectivity index (χ3n) is 4.77. The SMILES string of the molecule is COCCN1CCCC2(CCN(C(=O)c3cc(=O)[nH]o3)C2)C1=O. The Morgan fingerprint density at radius 1 is 1.39 bits per heavy atom. The van der Waals surface area contributed by atoms with Crippen LogP contribution in [0.1, 0.15) is 29.8 Å². The molecule has 0 radical (unpaired) electrons. The predicted octanol–water partition coefficient (Wildman–Crippen LogP) is 0.0690. The minimum Gasteiger partial charge on any atom is -0.383 e. The molecule has 0 aliphatic carbocycles. The number of hydrogen-bond acceptors (Lipinski definition) is 5. The maximum Gasteiger partial charge on any atom is 0.292 e. The molecule has 0 saturated carbocycles. The van der Waals surface area contributed by atoms with Crippen molar-refractivity contribution in [3.8, 4) is 0 Å². The van der Waals surface area contributed by atoms with Crippen LogP contribution >= 0.6 is 0 Å². The maximum atomic E-state index is 12.8. The number of H-pyrrole nitrogens is 1. The molecule has 2 amide bonds. The van der Waals surface area contributed by atoms with Crippen molar-refractivity contribution in [2.45, 2.75) is 19.3 Å². The van der Waals surface area contributed by atoms with Gasteiger partial charge in [0.1, 0.15) is 0 Å². The molecule has 1 N–H and O–H groups in total. The van der Waals surface area contributed by atoms with E-state index >= 15 is 0 Å². The first-order chi connectivity index (χ1) is 11.1. The number of aromatic nitrogens is 1. The van der Waals surface area contributed by atoms with E-state index in [1.54, 1.807) is 12.0 Å². The van der Waals surface area contributed by atoms with Crippen molar-refractivity contribution < 1.29 is 18.8 Å². The van der Waals surface area contributed by atoms with E-state index in [0.29, 0.717) is 32.7 Å². The van der Waals surface area contributed by atoms with Gasteiger partial charge in [-0.3, -0.25) is 14.4 Å². The van der Waals surface area contributed by atoms with Crippen LogP contribution in [0, 0.1) is 5.41 Å². The van der Waals surface area contributed by atoms with Gasteiger partial charge in [-0.05, 0) is 19.3 Å². The number of carbonyl (C=O) groups excluding carboxylic acids is 2. The van der Waals surface area contributed by atoms with E-state index in [0.717, 1.165) is 25.5 Å². The summed E-state index contributed by atoms with van der Waals surface area (Å²) in [6.07, 6.45) is 2.36. The Bertz CT molecular complexity index is 652. The van der Waals surface area contributed by atoms with Crippen LogP contribution in [0.2, 0.25) is 0 Å². The van der Waals surface area contributed by atoms with E-state index in [9.17, 15) is 14.4 Å². The van der Waals surface area contributed by atoms with E-state index in [1.807, 2.05) is 4.90 Å².